The topological polar surface area (TPSA) is 524 Å². The summed E-state index contributed by atoms with van der Waals surface area (Å²) >= 11 is 0. The second-order valence-corrected chi connectivity index (χ2v) is 18.3. The van der Waals surface area contributed by atoms with Crippen LogP contribution in [0.3, 0.4) is 0 Å². The van der Waals surface area contributed by atoms with Crippen molar-refractivity contribution < 1.29 is 154 Å². The number of carbonyl (C=O) groups excluding carboxylic acids is 2. The number of carbonyl (C=O) groups is 2. The van der Waals surface area contributed by atoms with Gasteiger partial charge in [0.15, 0.2) is 37.7 Å². The number of nitrogens with one attached hydrogen (secondary N) is 2. The van der Waals surface area contributed by atoms with Crippen LogP contribution < -0.4 is 10.6 Å². The molecule has 20 N–H and O–H groups in total. The van der Waals surface area contributed by atoms with E-state index >= 15 is 0 Å². The molecule has 6 aliphatic heterocycles. The summed E-state index contributed by atoms with van der Waals surface area (Å²) in [5.41, 5.74) is 0. The Labute approximate surface area is 413 Å². The maximum atomic E-state index is 12.5. The summed E-state index contributed by atoms with van der Waals surface area (Å²) in [6, 6.07) is -3.28. The van der Waals surface area contributed by atoms with E-state index in [-0.39, 0.29) is 0 Å². The van der Waals surface area contributed by atoms with Gasteiger partial charge in [-0.3, -0.25) is 9.59 Å². The minimum atomic E-state index is -2.26. The molecule has 0 aromatic carbocycles. The molecule has 73 heavy (non-hydrogen) atoms. The average molecular weight is 1070 g/mol. The fourth-order valence-electron chi connectivity index (χ4n) is 9.11. The molecule has 6 heterocycles. The van der Waals surface area contributed by atoms with Crippen molar-refractivity contribution >= 4 is 11.8 Å². The van der Waals surface area contributed by atoms with Crippen LogP contribution in [0.25, 0.3) is 0 Å². The van der Waals surface area contributed by atoms with Gasteiger partial charge in [-0.1, -0.05) is 0 Å². The van der Waals surface area contributed by atoms with Gasteiger partial charge >= 0.3 is 0 Å². The van der Waals surface area contributed by atoms with E-state index in [0.29, 0.717) is 0 Å². The van der Waals surface area contributed by atoms with Crippen molar-refractivity contribution in [2.45, 2.75) is 198 Å². The van der Waals surface area contributed by atoms with Crippen LogP contribution in [0.15, 0.2) is 0 Å². The molecule has 33 heteroatoms. The normalized spacial score (nSPS) is 49.8. The molecular weight excluding hydrogens is 1000 g/mol. The summed E-state index contributed by atoms with van der Waals surface area (Å²) in [6.45, 7) is -3.32. The molecule has 6 saturated heterocycles. The third kappa shape index (κ3) is 13.2. The Morgan fingerprint density at radius 1 is 0.356 bits per heavy atom. The Morgan fingerprint density at radius 3 is 1.19 bits per heavy atom. The number of rotatable bonds is 18. The molecule has 6 aliphatic rings. The maximum Gasteiger partial charge on any atom is 0.217 e. The number of amides is 2. The van der Waals surface area contributed by atoms with Gasteiger partial charge in [0.1, 0.15) is 146 Å². The second-order valence-electron chi connectivity index (χ2n) is 18.3. The molecule has 0 spiro atoms. The molecule has 0 radical (unpaired) electrons. The number of aliphatic hydroxyl groups is 18. The molecule has 2 amide bonds. The number of hydrogen-bond donors (Lipinski definition) is 20. The molecule has 0 bridgehead atoms. The summed E-state index contributed by atoms with van der Waals surface area (Å²) in [6.07, 6.45) is -52.8. The fourth-order valence-corrected chi connectivity index (χ4v) is 9.11. The van der Waals surface area contributed by atoms with Gasteiger partial charge in [-0.05, 0) is 0 Å². The summed E-state index contributed by atoms with van der Waals surface area (Å²) in [5.74, 6) is -1.55. The van der Waals surface area contributed by atoms with Crippen LogP contribution in [-0.2, 0) is 61.7 Å². The number of hydrogen-bond acceptors (Lipinski definition) is 31. The molecule has 0 aromatic rings. The Kier molecular flexibility index (Phi) is 21.3. The zero-order valence-electron chi connectivity index (χ0n) is 38.9. The van der Waals surface area contributed by atoms with Crippen molar-refractivity contribution in [3.8, 4) is 0 Å². The highest BCUT2D eigenvalue weighted by Gasteiger charge is 2.57. The molecule has 0 aromatic heterocycles. The standard InChI is InChI=1S/C40H68N2O31/c1-9(47)41-17-23(53)32(13(5-45)65-35(17)62)71-36-18(42-10(2)48)24(54)33(14(6-46)68-36)72-40-31(61)34(73-39-30(60)26(56)20(50)12(4-44)67-39)22(52)16(70-40)8-64-38-29(59)27(57)21(51)15(69-38)7-63-37-28(58)25(55)19(49)11(3-43)66-37/h11-40,43-46,49-62H,3-8H2,1-2H3,(H,41,47)(H,42,48)/t11-,12-,13-,14-,15-,16-,17-,18-,19-,20-,21-,22-,23-,24-,25+,26+,27+,28+,29+,30+,31+,32-,33-,34+,35?,36+,37+,38+,39-,40+/m1/s1. The lowest BCUT2D eigenvalue weighted by atomic mass is 9.94. The Balaban J connectivity index is 1.23. The van der Waals surface area contributed by atoms with E-state index in [1.807, 2.05) is 0 Å². The summed E-state index contributed by atoms with van der Waals surface area (Å²) in [4.78, 5) is 24.4. The van der Waals surface area contributed by atoms with E-state index in [1.54, 1.807) is 0 Å². The van der Waals surface area contributed by atoms with E-state index in [9.17, 15) is 102 Å². The molecule has 6 rings (SSSR count). The molecule has 6 fully saturated rings. The van der Waals surface area contributed by atoms with Gasteiger partial charge in [0.2, 0.25) is 11.8 Å². The first kappa shape index (κ1) is 60.0. The Morgan fingerprint density at radius 2 is 0.699 bits per heavy atom. The highest BCUT2D eigenvalue weighted by Crippen LogP contribution is 2.36. The number of ether oxygens (including phenoxy) is 11. The first-order chi connectivity index (χ1) is 34.5. The van der Waals surface area contributed by atoms with Crippen molar-refractivity contribution in [3.05, 3.63) is 0 Å². The fraction of sp³-hybridized carbons (Fsp3) is 0.950. The highest BCUT2D eigenvalue weighted by molar-refractivity contribution is 5.73. The Hall–Kier alpha value is -2.22. The third-order valence-electron chi connectivity index (χ3n) is 13.2. The zero-order chi connectivity index (χ0) is 53.9. The molecule has 0 aliphatic carbocycles. The van der Waals surface area contributed by atoms with E-state index in [1.165, 1.54) is 0 Å². The molecule has 1 unspecified atom stereocenters. The van der Waals surface area contributed by atoms with Crippen LogP contribution in [-0.4, -0.2) is 327 Å². The van der Waals surface area contributed by atoms with Crippen molar-refractivity contribution in [2.24, 2.45) is 0 Å². The van der Waals surface area contributed by atoms with Gasteiger partial charge in [0.25, 0.3) is 0 Å². The maximum absolute atomic E-state index is 12.5. The minimum absolute atomic E-state index is 0.715. The van der Waals surface area contributed by atoms with Gasteiger partial charge in [0.05, 0.1) is 39.6 Å². The van der Waals surface area contributed by atoms with Gasteiger partial charge < -0.3 is 155 Å². The lowest BCUT2D eigenvalue weighted by molar-refractivity contribution is -0.384. The number of aliphatic hydroxyl groups excluding tert-OH is 18. The zero-order valence-corrected chi connectivity index (χ0v) is 38.9. The predicted octanol–water partition coefficient (Wildman–Crippen LogP) is -13.8. The average Bonchev–Trinajstić information content (AvgIpc) is 3.35. The van der Waals surface area contributed by atoms with Crippen LogP contribution >= 0.6 is 0 Å². The monoisotopic (exact) mass is 1070 g/mol. The van der Waals surface area contributed by atoms with Crippen LogP contribution in [0.5, 0.6) is 0 Å². The summed E-state index contributed by atoms with van der Waals surface area (Å²) < 4.78 is 62.2. The first-order valence-corrected chi connectivity index (χ1v) is 23.1. The second kappa shape index (κ2) is 26.0. The summed E-state index contributed by atoms with van der Waals surface area (Å²) in [5, 5.41) is 196. The highest BCUT2D eigenvalue weighted by atomic mass is 16.8. The van der Waals surface area contributed by atoms with Gasteiger partial charge in [0, 0.05) is 13.8 Å². The van der Waals surface area contributed by atoms with Crippen LogP contribution in [0, 0.1) is 0 Å². The van der Waals surface area contributed by atoms with E-state index in [2.05, 4.69) is 10.6 Å². The van der Waals surface area contributed by atoms with Crippen molar-refractivity contribution in [1.29, 1.82) is 0 Å². The SMILES string of the molecule is CC(=O)N[C@H]1[C@H](O[C@H]2[C@H](O)[C@@H](NC(C)=O)C(O)O[C@@H]2CO)O[C@H](CO)[C@@H](O[C@@H]2O[C@H](CO[C@H]3O[C@H](CO[C@H]4O[C@H](CO)[C@@H](O)[C@H](O)[C@@H]4O)[C@@H](O)[C@H](O)[C@@H]3O)[C@@H](O)[C@H](O[C@H]3O[C@H](CO)[C@@H](O)[C@H](O)[C@@H]3O)[C@@H]2O)[C@@H]1O. The van der Waals surface area contributed by atoms with Gasteiger partial charge in [-0.15, -0.1) is 0 Å². The van der Waals surface area contributed by atoms with Crippen LogP contribution in [0.4, 0.5) is 0 Å². The molecule has 30 atom stereocenters. The van der Waals surface area contributed by atoms with Crippen LogP contribution in [0.2, 0.25) is 0 Å². The molecular formula is C40H68N2O31. The van der Waals surface area contributed by atoms with E-state index in [0.717, 1.165) is 13.8 Å². The van der Waals surface area contributed by atoms with Gasteiger partial charge in [-0.25, -0.2) is 0 Å². The van der Waals surface area contributed by atoms with Crippen molar-refractivity contribution in [3.63, 3.8) is 0 Å². The van der Waals surface area contributed by atoms with Crippen LogP contribution in [0.1, 0.15) is 13.8 Å². The van der Waals surface area contributed by atoms with Gasteiger partial charge in [-0.2, -0.15) is 0 Å². The molecule has 0 saturated carbocycles. The lowest BCUT2D eigenvalue weighted by Crippen LogP contribution is -2.70. The van der Waals surface area contributed by atoms with Crippen molar-refractivity contribution in [2.75, 3.05) is 39.6 Å². The van der Waals surface area contributed by atoms with E-state index in [4.69, 9.17) is 52.1 Å². The largest absolute Gasteiger partial charge is 0.394 e. The van der Waals surface area contributed by atoms with Crippen molar-refractivity contribution in [1.82, 2.24) is 10.6 Å². The quantitative estimate of drug-likeness (QED) is 0.0606. The lowest BCUT2D eigenvalue weighted by Gasteiger charge is -2.50. The summed E-state index contributed by atoms with van der Waals surface area (Å²) in [7, 11) is 0. The minimum Gasteiger partial charge on any atom is -0.394 e. The third-order valence-corrected chi connectivity index (χ3v) is 13.2. The molecule has 424 valence electrons. The molecule has 33 nitrogen and oxygen atoms in total. The van der Waals surface area contributed by atoms with E-state index < -0.39 is 236 Å². The Bertz CT molecular complexity index is 1750. The first-order valence-electron chi connectivity index (χ1n) is 23.1. The predicted molar refractivity (Wildman–Crippen MR) is 222 cm³/mol. The smallest absolute Gasteiger partial charge is 0.217 e.